The Labute approximate surface area is 88.8 Å². The van der Waals surface area contributed by atoms with Gasteiger partial charge in [0, 0.05) is 6.54 Å². The van der Waals surface area contributed by atoms with Gasteiger partial charge in [0.1, 0.15) is 0 Å². The van der Waals surface area contributed by atoms with Gasteiger partial charge in [0.25, 0.3) is 0 Å². The summed E-state index contributed by atoms with van der Waals surface area (Å²) in [6, 6.07) is 0. The highest BCUT2D eigenvalue weighted by Gasteiger charge is 2.08. The average Bonchev–Trinajstić information content (AvgIpc) is 2.16. The molecule has 0 heterocycles. The van der Waals surface area contributed by atoms with Crippen molar-refractivity contribution in [1.82, 2.24) is 0 Å². The second-order valence-corrected chi connectivity index (χ2v) is 3.90. The Bertz CT molecular complexity index is 350. The van der Waals surface area contributed by atoms with Gasteiger partial charge in [-0.25, -0.2) is 0 Å². The fourth-order valence-electron chi connectivity index (χ4n) is 1.20. The first kappa shape index (κ1) is 10.8. The summed E-state index contributed by atoms with van der Waals surface area (Å²) in [5.74, 6) is 0. The molecule has 1 rings (SSSR count). The smallest absolute Gasteiger partial charge is 0.0795 e. The lowest BCUT2D eigenvalue weighted by Crippen LogP contribution is -2.08. The maximum Gasteiger partial charge on any atom is 0.0795 e. The Morgan fingerprint density at radius 3 is 2.46 bits per heavy atom. The molecule has 72 valence electrons. The monoisotopic (exact) mass is 214 g/mol. The van der Waals surface area contributed by atoms with Crippen LogP contribution < -0.4 is 11.1 Å². The van der Waals surface area contributed by atoms with Crippen molar-refractivity contribution in [3.63, 3.8) is 0 Å². The van der Waals surface area contributed by atoms with Gasteiger partial charge in [-0.3, -0.25) is 0 Å². The number of anilines is 1. The van der Waals surface area contributed by atoms with Crippen LogP contribution in [0.25, 0.3) is 0 Å². The van der Waals surface area contributed by atoms with Crippen molar-refractivity contribution in [1.29, 1.82) is 0 Å². The molecule has 0 spiro atoms. The maximum absolute atomic E-state index is 5.38. The molecule has 0 saturated carbocycles. The van der Waals surface area contributed by atoms with Crippen molar-refractivity contribution in [2.45, 2.75) is 19.8 Å². The molecule has 0 saturated heterocycles. The molecule has 13 heavy (non-hydrogen) atoms. The summed E-state index contributed by atoms with van der Waals surface area (Å²) in [4.78, 5) is 0. The molecular formula is C9H14N2S2. The predicted molar refractivity (Wildman–Crippen MR) is 62.0 cm³/mol. The third-order valence-electron chi connectivity index (χ3n) is 2.08. The number of unbranched alkanes of at least 4 members (excludes halogenated alkanes) is 1. The van der Waals surface area contributed by atoms with E-state index in [2.05, 4.69) is 5.32 Å². The summed E-state index contributed by atoms with van der Waals surface area (Å²) < 4.78 is 1.66. The first-order chi connectivity index (χ1) is 6.18. The fraction of sp³-hybridized carbons (Fsp3) is 0.556. The molecule has 0 aliphatic carbocycles. The van der Waals surface area contributed by atoms with Crippen molar-refractivity contribution >= 4 is 30.1 Å². The van der Waals surface area contributed by atoms with Crippen LogP contribution in [0.15, 0.2) is 0 Å². The fourth-order valence-corrected chi connectivity index (χ4v) is 1.78. The molecule has 0 aliphatic rings. The number of hydrogen-bond acceptors (Lipinski definition) is 4. The van der Waals surface area contributed by atoms with E-state index in [4.69, 9.17) is 30.2 Å². The number of hydrogen-bond donors (Lipinski definition) is 2. The van der Waals surface area contributed by atoms with E-state index in [0.717, 1.165) is 46.2 Å². The quantitative estimate of drug-likeness (QED) is 0.583. The van der Waals surface area contributed by atoms with E-state index < -0.39 is 0 Å². The Kier molecular flexibility index (Phi) is 3.96. The summed E-state index contributed by atoms with van der Waals surface area (Å²) in [7, 11) is 0. The lowest BCUT2D eigenvalue weighted by atomic mass is 10.1. The van der Waals surface area contributed by atoms with Crippen molar-refractivity contribution in [3.8, 4) is 0 Å². The topological polar surface area (TPSA) is 38.0 Å². The maximum atomic E-state index is 5.38. The molecule has 0 aromatic heterocycles. The van der Waals surface area contributed by atoms with Crippen LogP contribution >= 0.6 is 24.4 Å². The highest BCUT2D eigenvalue weighted by atomic mass is 32.1. The van der Waals surface area contributed by atoms with Gasteiger partial charge in [0.15, 0.2) is 0 Å². The van der Waals surface area contributed by atoms with Crippen molar-refractivity contribution < 1.29 is 0 Å². The first-order valence-electron chi connectivity index (χ1n) is 4.42. The predicted octanol–water partition coefficient (Wildman–Crippen LogP) is 2.48. The summed E-state index contributed by atoms with van der Waals surface area (Å²) >= 11 is 10.1. The Morgan fingerprint density at radius 2 is 1.92 bits per heavy atom. The lowest BCUT2D eigenvalue weighted by molar-refractivity contribution is 0.773. The summed E-state index contributed by atoms with van der Waals surface area (Å²) in [5.41, 5.74) is 7.58. The van der Waals surface area contributed by atoms with Crippen LogP contribution in [0.5, 0.6) is 0 Å². The van der Waals surface area contributed by atoms with Crippen LogP contribution in [0.2, 0.25) is 0 Å². The van der Waals surface area contributed by atoms with Crippen molar-refractivity contribution in [3.05, 3.63) is 14.6 Å². The second kappa shape index (κ2) is 4.79. The largest absolute Gasteiger partial charge is 0.384 e. The SMILES string of the molecule is Cc1c(NCCCCN)c(=S)c1=S. The lowest BCUT2D eigenvalue weighted by Gasteiger charge is -2.12. The van der Waals surface area contributed by atoms with Crippen LogP contribution in [-0.2, 0) is 0 Å². The normalized spacial score (nSPS) is 10.6. The minimum Gasteiger partial charge on any atom is -0.384 e. The van der Waals surface area contributed by atoms with E-state index in [9.17, 15) is 0 Å². The van der Waals surface area contributed by atoms with Crippen molar-refractivity contribution in [2.75, 3.05) is 18.4 Å². The standard InChI is InChI=1S/C9H14N2S2/c1-6-7(9(13)8(6)12)11-5-3-2-4-10/h11H,2-5,10H2,1H3. The van der Waals surface area contributed by atoms with Gasteiger partial charge in [0.2, 0.25) is 0 Å². The third-order valence-corrected chi connectivity index (χ3v) is 3.13. The zero-order valence-electron chi connectivity index (χ0n) is 7.72. The zero-order valence-corrected chi connectivity index (χ0v) is 9.36. The van der Waals surface area contributed by atoms with Crippen LogP contribution in [0.3, 0.4) is 0 Å². The van der Waals surface area contributed by atoms with Gasteiger partial charge >= 0.3 is 0 Å². The highest BCUT2D eigenvalue weighted by Crippen LogP contribution is 2.24. The molecule has 0 unspecified atom stereocenters. The Hall–Kier alpha value is -0.320. The molecule has 0 radical (unpaired) electrons. The number of nitrogens with one attached hydrogen (secondary N) is 1. The first-order valence-corrected chi connectivity index (χ1v) is 5.24. The summed E-state index contributed by atoms with van der Waals surface area (Å²) in [5, 5.41) is 3.28. The van der Waals surface area contributed by atoms with E-state index in [1.54, 1.807) is 0 Å². The molecule has 0 amide bonds. The van der Waals surface area contributed by atoms with E-state index in [1.807, 2.05) is 6.92 Å². The van der Waals surface area contributed by atoms with Gasteiger partial charge < -0.3 is 11.1 Å². The van der Waals surface area contributed by atoms with E-state index in [-0.39, 0.29) is 0 Å². The van der Waals surface area contributed by atoms with Gasteiger partial charge in [-0.15, -0.1) is 0 Å². The molecule has 0 atom stereocenters. The third kappa shape index (κ3) is 2.33. The van der Waals surface area contributed by atoms with E-state index in [1.165, 1.54) is 0 Å². The van der Waals surface area contributed by atoms with E-state index in [0.29, 0.717) is 0 Å². The van der Waals surface area contributed by atoms with Gasteiger partial charge in [-0.1, -0.05) is 24.4 Å². The molecule has 0 bridgehead atoms. The zero-order chi connectivity index (χ0) is 9.84. The molecule has 3 N–H and O–H groups in total. The van der Waals surface area contributed by atoms with Crippen LogP contribution in [0.1, 0.15) is 18.4 Å². The van der Waals surface area contributed by atoms with Crippen molar-refractivity contribution in [2.24, 2.45) is 5.73 Å². The Morgan fingerprint density at radius 1 is 1.23 bits per heavy atom. The molecular weight excluding hydrogens is 200 g/mol. The minimum absolute atomic E-state index is 0.753. The molecule has 2 nitrogen and oxygen atoms in total. The number of nitrogens with two attached hydrogens (primary N) is 1. The number of rotatable bonds is 5. The van der Waals surface area contributed by atoms with Gasteiger partial charge in [-0.2, -0.15) is 0 Å². The molecule has 1 aromatic carbocycles. The minimum atomic E-state index is 0.753. The molecule has 0 aliphatic heterocycles. The molecule has 1 aromatic rings. The van der Waals surface area contributed by atoms with Crippen LogP contribution in [0, 0.1) is 15.9 Å². The highest BCUT2D eigenvalue weighted by molar-refractivity contribution is 7.74. The summed E-state index contributed by atoms with van der Waals surface area (Å²) in [6.07, 6.45) is 2.14. The van der Waals surface area contributed by atoms with E-state index >= 15 is 0 Å². The average molecular weight is 214 g/mol. The molecule has 0 fully saturated rings. The summed E-state index contributed by atoms with van der Waals surface area (Å²) in [6.45, 7) is 3.69. The Balaban J connectivity index is 2.39. The van der Waals surface area contributed by atoms with Gasteiger partial charge in [0.05, 0.1) is 14.7 Å². The van der Waals surface area contributed by atoms with Crippen LogP contribution in [-0.4, -0.2) is 13.1 Å². The van der Waals surface area contributed by atoms with Gasteiger partial charge in [-0.05, 0) is 31.9 Å². The molecule has 4 heteroatoms. The second-order valence-electron chi connectivity index (χ2n) is 3.08. The van der Waals surface area contributed by atoms with Crippen LogP contribution in [0.4, 0.5) is 5.69 Å².